The smallest absolute Gasteiger partial charge is 0.329 e. The van der Waals surface area contributed by atoms with Crippen LogP contribution in [0.25, 0.3) is 0 Å². The molecular weight excluding hydrogens is 392 g/mol. The molecular formula is C21H22N2O5S. The van der Waals surface area contributed by atoms with Crippen LogP contribution in [0.1, 0.15) is 27.1 Å². The molecule has 0 aromatic heterocycles. The highest BCUT2D eigenvalue weighted by Gasteiger charge is 2.23. The molecule has 0 aliphatic heterocycles. The maximum absolute atomic E-state index is 12.4. The molecule has 0 aliphatic rings. The monoisotopic (exact) mass is 414 g/mol. The van der Waals surface area contributed by atoms with Gasteiger partial charge in [0.2, 0.25) is 0 Å². The highest BCUT2D eigenvalue weighted by atomic mass is 32.2. The number of rotatable bonds is 9. The molecule has 7 nitrogen and oxygen atoms in total. The Morgan fingerprint density at radius 3 is 2.00 bits per heavy atom. The lowest BCUT2D eigenvalue weighted by Crippen LogP contribution is -2.43. The van der Waals surface area contributed by atoms with E-state index in [-0.39, 0.29) is 0 Å². The van der Waals surface area contributed by atoms with E-state index < -0.39 is 36.3 Å². The average Bonchev–Trinajstić information content (AvgIpc) is 2.76. The molecule has 3 amide bonds. The summed E-state index contributed by atoms with van der Waals surface area (Å²) >= 11 is 1.52. The zero-order valence-corrected chi connectivity index (χ0v) is 16.7. The number of hydrogen-bond donors (Lipinski definition) is 2. The van der Waals surface area contributed by atoms with Crippen molar-refractivity contribution in [2.24, 2.45) is 0 Å². The second kappa shape index (κ2) is 11.7. The van der Waals surface area contributed by atoms with Crippen LogP contribution in [0.15, 0.2) is 60.7 Å². The molecule has 2 aromatic carbocycles. The van der Waals surface area contributed by atoms with Gasteiger partial charge in [-0.2, -0.15) is 11.8 Å². The zero-order valence-electron chi connectivity index (χ0n) is 15.9. The second-order valence-corrected chi connectivity index (χ2v) is 7.01. The van der Waals surface area contributed by atoms with Crippen molar-refractivity contribution in [3.63, 3.8) is 0 Å². The van der Waals surface area contributed by atoms with Gasteiger partial charge in [0.1, 0.15) is 6.04 Å². The summed E-state index contributed by atoms with van der Waals surface area (Å²) in [6.07, 6.45) is 2.23. The van der Waals surface area contributed by atoms with Gasteiger partial charge in [-0.1, -0.05) is 36.4 Å². The maximum atomic E-state index is 12.4. The molecule has 2 rings (SSSR count). The Kier molecular flexibility index (Phi) is 8.91. The largest absolute Gasteiger partial charge is 0.454 e. The van der Waals surface area contributed by atoms with Crippen LogP contribution in [0.5, 0.6) is 0 Å². The van der Waals surface area contributed by atoms with Crippen molar-refractivity contribution in [3.8, 4) is 0 Å². The van der Waals surface area contributed by atoms with Gasteiger partial charge in [-0.3, -0.25) is 19.7 Å². The first kappa shape index (κ1) is 22.2. The highest BCUT2D eigenvalue weighted by Crippen LogP contribution is 2.06. The van der Waals surface area contributed by atoms with E-state index >= 15 is 0 Å². The number of carbonyl (C=O) groups excluding carboxylic acids is 4. The molecule has 0 spiro atoms. The Morgan fingerprint density at radius 1 is 0.897 bits per heavy atom. The highest BCUT2D eigenvalue weighted by molar-refractivity contribution is 7.98. The fraction of sp³-hybridized carbons (Fsp3) is 0.238. The SMILES string of the molecule is CSCC[C@@H](NC(=O)c1ccccc1)C(=O)OCC(=O)NC(=O)c1ccccc1. The Morgan fingerprint density at radius 2 is 1.45 bits per heavy atom. The topological polar surface area (TPSA) is 102 Å². The van der Waals surface area contributed by atoms with E-state index in [9.17, 15) is 19.2 Å². The predicted molar refractivity (Wildman–Crippen MR) is 111 cm³/mol. The number of benzene rings is 2. The minimum atomic E-state index is -0.896. The fourth-order valence-corrected chi connectivity index (χ4v) is 2.85. The molecule has 1 atom stereocenters. The Labute approximate surface area is 173 Å². The summed E-state index contributed by atoms with van der Waals surface area (Å²) in [5.74, 6) is -1.84. The number of carbonyl (C=O) groups is 4. The van der Waals surface area contributed by atoms with Gasteiger partial charge in [0.25, 0.3) is 17.7 Å². The van der Waals surface area contributed by atoms with E-state index in [2.05, 4.69) is 10.6 Å². The Bertz CT molecular complexity index is 843. The molecule has 0 heterocycles. The minimum absolute atomic E-state index is 0.320. The first-order valence-electron chi connectivity index (χ1n) is 8.92. The standard InChI is InChI=1S/C21H22N2O5S/c1-29-13-12-17(22-19(25)15-8-4-2-5-9-15)21(27)28-14-18(24)23-20(26)16-10-6-3-7-11-16/h2-11,17H,12-14H2,1H3,(H,22,25)(H,23,24,26)/t17-/m1/s1. The molecule has 0 radical (unpaired) electrons. The van der Waals surface area contributed by atoms with E-state index in [0.717, 1.165) is 0 Å². The molecule has 0 aliphatic carbocycles. The first-order valence-corrected chi connectivity index (χ1v) is 10.3. The summed E-state index contributed by atoms with van der Waals surface area (Å²) in [7, 11) is 0. The molecule has 2 aromatic rings. The molecule has 0 saturated carbocycles. The third kappa shape index (κ3) is 7.42. The van der Waals surface area contributed by atoms with Crippen molar-refractivity contribution < 1.29 is 23.9 Å². The number of thioether (sulfide) groups is 1. The maximum Gasteiger partial charge on any atom is 0.329 e. The van der Waals surface area contributed by atoms with E-state index in [1.165, 1.54) is 11.8 Å². The van der Waals surface area contributed by atoms with Crippen molar-refractivity contribution in [1.82, 2.24) is 10.6 Å². The minimum Gasteiger partial charge on any atom is -0.454 e. The van der Waals surface area contributed by atoms with Crippen LogP contribution in [-0.4, -0.2) is 48.3 Å². The summed E-state index contributed by atoms with van der Waals surface area (Å²) in [4.78, 5) is 48.5. The molecule has 0 bridgehead atoms. The van der Waals surface area contributed by atoms with Crippen molar-refractivity contribution in [1.29, 1.82) is 0 Å². The number of imide groups is 1. The van der Waals surface area contributed by atoms with Crippen LogP contribution in [-0.2, 0) is 14.3 Å². The molecule has 0 fully saturated rings. The van der Waals surface area contributed by atoms with Crippen LogP contribution in [0.4, 0.5) is 0 Å². The summed E-state index contributed by atoms with van der Waals surface area (Å²) in [6, 6.07) is 15.8. The predicted octanol–water partition coefficient (Wildman–Crippen LogP) is 2.04. The molecule has 2 N–H and O–H groups in total. The van der Waals surface area contributed by atoms with Crippen LogP contribution in [0.3, 0.4) is 0 Å². The van der Waals surface area contributed by atoms with Crippen molar-refractivity contribution >= 4 is 35.5 Å². The number of ether oxygens (including phenoxy) is 1. The lowest BCUT2D eigenvalue weighted by molar-refractivity contribution is -0.150. The first-order chi connectivity index (χ1) is 14.0. The van der Waals surface area contributed by atoms with Crippen molar-refractivity contribution in [3.05, 3.63) is 71.8 Å². The summed E-state index contributed by atoms with van der Waals surface area (Å²) < 4.78 is 5.01. The Balaban J connectivity index is 1.89. The quantitative estimate of drug-likeness (QED) is 0.609. The summed E-state index contributed by atoms with van der Waals surface area (Å²) in [5, 5.41) is 4.79. The van der Waals surface area contributed by atoms with Gasteiger partial charge in [0.15, 0.2) is 6.61 Å². The molecule has 8 heteroatoms. The third-order valence-electron chi connectivity index (χ3n) is 3.87. The van der Waals surface area contributed by atoms with Crippen LogP contribution < -0.4 is 10.6 Å². The van der Waals surface area contributed by atoms with Gasteiger partial charge in [0, 0.05) is 11.1 Å². The van der Waals surface area contributed by atoms with E-state index in [4.69, 9.17) is 4.74 Å². The van der Waals surface area contributed by atoms with Gasteiger partial charge < -0.3 is 10.1 Å². The van der Waals surface area contributed by atoms with Gasteiger partial charge in [0.05, 0.1) is 0 Å². The van der Waals surface area contributed by atoms with E-state index in [1.54, 1.807) is 60.7 Å². The second-order valence-electron chi connectivity index (χ2n) is 6.02. The van der Waals surface area contributed by atoms with Gasteiger partial charge in [-0.15, -0.1) is 0 Å². The summed E-state index contributed by atoms with van der Waals surface area (Å²) in [6.45, 7) is -0.617. The van der Waals surface area contributed by atoms with Crippen molar-refractivity contribution in [2.75, 3.05) is 18.6 Å². The molecule has 0 saturated heterocycles. The molecule has 0 unspecified atom stereocenters. The van der Waals surface area contributed by atoms with Gasteiger partial charge in [-0.05, 0) is 42.7 Å². The number of esters is 1. The lowest BCUT2D eigenvalue weighted by atomic mass is 10.1. The van der Waals surface area contributed by atoms with Crippen LogP contribution in [0.2, 0.25) is 0 Å². The normalized spacial score (nSPS) is 11.2. The van der Waals surface area contributed by atoms with Gasteiger partial charge >= 0.3 is 5.97 Å². The van der Waals surface area contributed by atoms with Crippen LogP contribution >= 0.6 is 11.8 Å². The van der Waals surface area contributed by atoms with Gasteiger partial charge in [-0.25, -0.2) is 4.79 Å². The van der Waals surface area contributed by atoms with Crippen molar-refractivity contribution in [2.45, 2.75) is 12.5 Å². The summed E-state index contributed by atoms with van der Waals surface area (Å²) in [5.41, 5.74) is 0.737. The van der Waals surface area contributed by atoms with E-state index in [0.29, 0.717) is 23.3 Å². The number of amides is 3. The molecule has 29 heavy (non-hydrogen) atoms. The molecule has 152 valence electrons. The fourth-order valence-electron chi connectivity index (χ4n) is 2.38. The van der Waals surface area contributed by atoms with Crippen LogP contribution in [0, 0.1) is 0 Å². The number of nitrogens with one attached hydrogen (secondary N) is 2. The van der Waals surface area contributed by atoms with E-state index in [1.807, 2.05) is 6.26 Å². The third-order valence-corrected chi connectivity index (χ3v) is 4.51. The zero-order chi connectivity index (χ0) is 21.1. The average molecular weight is 414 g/mol. The lowest BCUT2D eigenvalue weighted by Gasteiger charge is -2.17. The Hall–Kier alpha value is -3.13. The number of hydrogen-bond acceptors (Lipinski definition) is 6.